The van der Waals surface area contributed by atoms with Crippen LogP contribution in [-0.4, -0.2) is 33.1 Å². The molecular formula is C17H25NS2. The first kappa shape index (κ1) is 14.8. The van der Waals surface area contributed by atoms with Crippen molar-refractivity contribution < 1.29 is 0 Å². The zero-order valence-corrected chi connectivity index (χ0v) is 14.2. The summed E-state index contributed by atoms with van der Waals surface area (Å²) in [6.07, 6.45) is 2.73. The number of thioether (sulfide) groups is 2. The molecule has 2 atom stereocenters. The molecule has 2 aliphatic heterocycles. The van der Waals surface area contributed by atoms with Crippen LogP contribution in [-0.2, 0) is 6.54 Å². The third kappa shape index (κ3) is 2.77. The lowest BCUT2D eigenvalue weighted by Crippen LogP contribution is -2.51. The van der Waals surface area contributed by atoms with Gasteiger partial charge in [-0.2, -0.15) is 0 Å². The minimum absolute atomic E-state index is 0.353. The normalized spacial score (nSPS) is 32.6. The van der Waals surface area contributed by atoms with Crippen LogP contribution >= 0.6 is 23.5 Å². The van der Waals surface area contributed by atoms with E-state index in [4.69, 9.17) is 0 Å². The Morgan fingerprint density at radius 3 is 2.60 bits per heavy atom. The maximum atomic E-state index is 2.75. The average molecular weight is 308 g/mol. The van der Waals surface area contributed by atoms with Crippen molar-refractivity contribution in [2.45, 2.75) is 43.4 Å². The van der Waals surface area contributed by atoms with Gasteiger partial charge in [0.15, 0.2) is 0 Å². The zero-order valence-electron chi connectivity index (χ0n) is 12.5. The quantitative estimate of drug-likeness (QED) is 0.810. The molecule has 2 heterocycles. The smallest absolute Gasteiger partial charge is 0.0686 e. The Hall–Kier alpha value is -0.120. The van der Waals surface area contributed by atoms with Gasteiger partial charge in [-0.25, -0.2) is 0 Å². The maximum absolute atomic E-state index is 2.75. The van der Waals surface area contributed by atoms with E-state index in [0.29, 0.717) is 5.54 Å². The number of likely N-dealkylation sites (tertiary alicyclic amines) is 1. The summed E-state index contributed by atoms with van der Waals surface area (Å²) in [5.41, 5.74) is 1.81. The second kappa shape index (κ2) is 6.33. The molecule has 1 aromatic carbocycles. The summed E-state index contributed by atoms with van der Waals surface area (Å²) < 4.78 is 0.748. The SMILES string of the molecule is C[C@@H]1CCN(Cc2ccccc2)[C@@]1(C)C1SCCCS1. The highest BCUT2D eigenvalue weighted by Gasteiger charge is 2.48. The molecule has 0 spiro atoms. The second-order valence-corrected chi connectivity index (χ2v) is 8.97. The number of rotatable bonds is 3. The molecule has 0 bridgehead atoms. The van der Waals surface area contributed by atoms with Crippen LogP contribution in [0.4, 0.5) is 0 Å². The molecular weight excluding hydrogens is 282 g/mol. The maximum Gasteiger partial charge on any atom is 0.0686 e. The van der Waals surface area contributed by atoms with Gasteiger partial charge >= 0.3 is 0 Å². The molecule has 0 unspecified atom stereocenters. The summed E-state index contributed by atoms with van der Waals surface area (Å²) in [4.78, 5) is 2.75. The van der Waals surface area contributed by atoms with Gasteiger partial charge in [0.05, 0.1) is 4.58 Å². The molecule has 0 radical (unpaired) electrons. The Bertz CT molecular complexity index is 430. The molecule has 0 aliphatic carbocycles. The molecule has 0 saturated carbocycles. The van der Waals surface area contributed by atoms with Crippen molar-refractivity contribution in [3.8, 4) is 0 Å². The lowest BCUT2D eigenvalue weighted by molar-refractivity contribution is 0.134. The van der Waals surface area contributed by atoms with E-state index in [1.54, 1.807) is 0 Å². The van der Waals surface area contributed by atoms with Gasteiger partial charge in [0.2, 0.25) is 0 Å². The predicted molar refractivity (Wildman–Crippen MR) is 92.4 cm³/mol. The van der Waals surface area contributed by atoms with Crippen molar-refractivity contribution in [1.82, 2.24) is 4.90 Å². The molecule has 20 heavy (non-hydrogen) atoms. The first-order valence-electron chi connectivity index (χ1n) is 7.73. The minimum atomic E-state index is 0.353. The Morgan fingerprint density at radius 1 is 1.20 bits per heavy atom. The zero-order chi connectivity index (χ0) is 14.0. The molecule has 2 aliphatic rings. The molecule has 110 valence electrons. The molecule has 0 amide bonds. The van der Waals surface area contributed by atoms with Crippen molar-refractivity contribution >= 4 is 23.5 Å². The topological polar surface area (TPSA) is 3.24 Å². The summed E-state index contributed by atoms with van der Waals surface area (Å²) >= 11 is 4.40. The Morgan fingerprint density at radius 2 is 1.90 bits per heavy atom. The largest absolute Gasteiger partial charge is 0.291 e. The monoisotopic (exact) mass is 307 g/mol. The van der Waals surface area contributed by atoms with E-state index < -0.39 is 0 Å². The van der Waals surface area contributed by atoms with E-state index in [2.05, 4.69) is 72.6 Å². The van der Waals surface area contributed by atoms with Crippen LogP contribution in [0.3, 0.4) is 0 Å². The molecule has 1 nitrogen and oxygen atoms in total. The van der Waals surface area contributed by atoms with Crippen molar-refractivity contribution in [1.29, 1.82) is 0 Å². The van der Waals surface area contributed by atoms with Gasteiger partial charge in [-0.15, -0.1) is 23.5 Å². The molecule has 3 heteroatoms. The van der Waals surface area contributed by atoms with Crippen LogP contribution in [0.2, 0.25) is 0 Å². The molecule has 2 saturated heterocycles. The molecule has 0 aromatic heterocycles. The van der Waals surface area contributed by atoms with E-state index in [-0.39, 0.29) is 0 Å². The average Bonchev–Trinajstić information content (AvgIpc) is 2.79. The minimum Gasteiger partial charge on any atom is -0.291 e. The molecule has 2 fully saturated rings. The Balaban J connectivity index is 1.78. The summed E-state index contributed by atoms with van der Waals surface area (Å²) in [7, 11) is 0. The van der Waals surface area contributed by atoms with E-state index in [0.717, 1.165) is 17.0 Å². The number of nitrogens with zero attached hydrogens (tertiary/aromatic N) is 1. The molecule has 0 N–H and O–H groups in total. The van der Waals surface area contributed by atoms with Gasteiger partial charge in [0.1, 0.15) is 0 Å². The highest BCUT2D eigenvalue weighted by atomic mass is 32.2. The third-order valence-electron chi connectivity index (χ3n) is 5.03. The van der Waals surface area contributed by atoms with Crippen LogP contribution in [0, 0.1) is 5.92 Å². The van der Waals surface area contributed by atoms with E-state index in [1.165, 1.54) is 36.5 Å². The summed E-state index contributed by atoms with van der Waals surface area (Å²) in [6, 6.07) is 11.0. The van der Waals surface area contributed by atoms with Gasteiger partial charge in [-0.05, 0) is 49.3 Å². The highest BCUT2D eigenvalue weighted by molar-refractivity contribution is 8.17. The molecule has 1 aromatic rings. The van der Waals surface area contributed by atoms with E-state index in [1.807, 2.05) is 0 Å². The van der Waals surface area contributed by atoms with Gasteiger partial charge in [-0.3, -0.25) is 4.90 Å². The first-order valence-corrected chi connectivity index (χ1v) is 9.83. The van der Waals surface area contributed by atoms with Crippen molar-refractivity contribution in [2.75, 3.05) is 18.1 Å². The summed E-state index contributed by atoms with van der Waals surface area (Å²) in [5.74, 6) is 3.49. The second-order valence-electron chi connectivity index (χ2n) is 6.25. The van der Waals surface area contributed by atoms with Crippen LogP contribution in [0.5, 0.6) is 0 Å². The van der Waals surface area contributed by atoms with E-state index >= 15 is 0 Å². The third-order valence-corrected chi connectivity index (χ3v) is 8.46. The van der Waals surface area contributed by atoms with Gasteiger partial charge in [0, 0.05) is 12.1 Å². The number of hydrogen-bond acceptors (Lipinski definition) is 3. The Kier molecular flexibility index (Phi) is 4.68. The van der Waals surface area contributed by atoms with Gasteiger partial charge < -0.3 is 0 Å². The fraction of sp³-hybridized carbons (Fsp3) is 0.647. The fourth-order valence-electron chi connectivity index (χ4n) is 3.45. The van der Waals surface area contributed by atoms with Crippen molar-refractivity contribution in [2.24, 2.45) is 5.92 Å². The van der Waals surface area contributed by atoms with E-state index in [9.17, 15) is 0 Å². The Labute approximate surface area is 131 Å². The molecule has 3 rings (SSSR count). The number of benzene rings is 1. The fourth-order valence-corrected chi connectivity index (χ4v) is 7.09. The van der Waals surface area contributed by atoms with Crippen LogP contribution < -0.4 is 0 Å². The van der Waals surface area contributed by atoms with Crippen LogP contribution in [0.1, 0.15) is 32.3 Å². The van der Waals surface area contributed by atoms with Crippen molar-refractivity contribution in [3.05, 3.63) is 35.9 Å². The van der Waals surface area contributed by atoms with Gasteiger partial charge in [-0.1, -0.05) is 37.3 Å². The lowest BCUT2D eigenvalue weighted by Gasteiger charge is -2.45. The van der Waals surface area contributed by atoms with Crippen molar-refractivity contribution in [3.63, 3.8) is 0 Å². The summed E-state index contributed by atoms with van der Waals surface area (Å²) in [5, 5.41) is 0. The van der Waals surface area contributed by atoms with Gasteiger partial charge in [0.25, 0.3) is 0 Å². The predicted octanol–water partition coefficient (Wildman–Crippen LogP) is 4.48. The van der Waals surface area contributed by atoms with Crippen LogP contribution in [0.15, 0.2) is 30.3 Å². The first-order chi connectivity index (χ1) is 9.71. The highest BCUT2D eigenvalue weighted by Crippen LogP contribution is 2.48. The van der Waals surface area contributed by atoms with Crippen LogP contribution in [0.25, 0.3) is 0 Å². The number of hydrogen-bond donors (Lipinski definition) is 0. The lowest BCUT2D eigenvalue weighted by atomic mass is 9.89. The standard InChI is InChI=1S/C17H25NS2/c1-14-9-10-18(13-15-7-4-3-5-8-15)17(14,2)16-19-11-6-12-20-16/h3-5,7-8,14,16H,6,9-13H2,1-2H3/t14-,17-/m1/s1. The summed E-state index contributed by atoms with van der Waals surface area (Å²) in [6.45, 7) is 7.34.